The molecule has 0 radical (unpaired) electrons. The van der Waals surface area contributed by atoms with Crippen molar-refractivity contribution in [3.8, 4) is 0 Å². The molecule has 1 aromatic rings. The van der Waals surface area contributed by atoms with Gasteiger partial charge >= 0.3 is 0 Å². The van der Waals surface area contributed by atoms with Crippen molar-refractivity contribution in [3.05, 3.63) is 30.6 Å². The van der Waals surface area contributed by atoms with Crippen LogP contribution in [0, 0.1) is 0 Å². The minimum absolute atomic E-state index is 0.160. The standard InChI is InChI=1S/C9H13N3O/c1-3-6-10-9(13)8-5-7-12(4-2)11-8/h3,5,7H,1,4,6H2,2H3,(H,10,13). The second-order valence-electron chi connectivity index (χ2n) is 2.56. The minimum atomic E-state index is -0.160. The molecule has 13 heavy (non-hydrogen) atoms. The first-order valence-corrected chi connectivity index (χ1v) is 4.20. The van der Waals surface area contributed by atoms with Gasteiger partial charge in [0.05, 0.1) is 0 Å². The first-order valence-electron chi connectivity index (χ1n) is 4.20. The molecule has 0 aliphatic rings. The molecular weight excluding hydrogens is 166 g/mol. The fourth-order valence-corrected chi connectivity index (χ4v) is 0.914. The molecule has 0 aliphatic carbocycles. The maximum absolute atomic E-state index is 11.3. The summed E-state index contributed by atoms with van der Waals surface area (Å²) < 4.78 is 1.71. The SMILES string of the molecule is C=CCNC(=O)c1ccn(CC)n1. The molecule has 1 aromatic heterocycles. The number of hydrogen-bond acceptors (Lipinski definition) is 2. The molecule has 70 valence electrons. The third-order valence-electron chi connectivity index (χ3n) is 1.60. The highest BCUT2D eigenvalue weighted by Gasteiger charge is 2.06. The van der Waals surface area contributed by atoms with Crippen LogP contribution in [0.1, 0.15) is 17.4 Å². The number of amides is 1. The van der Waals surface area contributed by atoms with Crippen molar-refractivity contribution in [2.75, 3.05) is 6.54 Å². The zero-order valence-corrected chi connectivity index (χ0v) is 7.66. The second kappa shape index (κ2) is 4.45. The van der Waals surface area contributed by atoms with E-state index in [9.17, 15) is 4.79 Å². The third-order valence-corrected chi connectivity index (χ3v) is 1.60. The maximum atomic E-state index is 11.3. The van der Waals surface area contributed by atoms with Gasteiger partial charge < -0.3 is 5.32 Å². The van der Waals surface area contributed by atoms with E-state index in [4.69, 9.17) is 0 Å². The van der Waals surface area contributed by atoms with E-state index in [1.54, 1.807) is 23.0 Å². The molecule has 1 N–H and O–H groups in total. The summed E-state index contributed by atoms with van der Waals surface area (Å²) in [6.07, 6.45) is 3.41. The average Bonchev–Trinajstić information content (AvgIpc) is 2.62. The Morgan fingerprint density at radius 1 is 1.85 bits per heavy atom. The van der Waals surface area contributed by atoms with Crippen LogP contribution in [0.2, 0.25) is 0 Å². The molecule has 0 aromatic carbocycles. The predicted molar refractivity (Wildman–Crippen MR) is 50.4 cm³/mol. The molecule has 0 saturated heterocycles. The smallest absolute Gasteiger partial charge is 0.272 e. The van der Waals surface area contributed by atoms with Crippen LogP contribution in [0.15, 0.2) is 24.9 Å². The normalized spacial score (nSPS) is 9.62. The Bertz CT molecular complexity index is 304. The van der Waals surface area contributed by atoms with Crippen molar-refractivity contribution in [1.82, 2.24) is 15.1 Å². The fourth-order valence-electron chi connectivity index (χ4n) is 0.914. The first-order chi connectivity index (χ1) is 6.27. The van der Waals surface area contributed by atoms with E-state index in [0.717, 1.165) is 6.54 Å². The van der Waals surface area contributed by atoms with Gasteiger partial charge in [-0.2, -0.15) is 5.10 Å². The van der Waals surface area contributed by atoms with E-state index >= 15 is 0 Å². The Balaban J connectivity index is 2.60. The Kier molecular flexibility index (Phi) is 3.25. The molecule has 0 spiro atoms. The lowest BCUT2D eigenvalue weighted by molar-refractivity contribution is 0.0952. The third kappa shape index (κ3) is 2.43. The molecule has 0 bridgehead atoms. The van der Waals surface area contributed by atoms with Gasteiger partial charge in [0, 0.05) is 19.3 Å². The molecule has 4 nitrogen and oxygen atoms in total. The minimum Gasteiger partial charge on any atom is -0.347 e. The van der Waals surface area contributed by atoms with Gasteiger partial charge in [-0.25, -0.2) is 0 Å². The molecule has 0 saturated carbocycles. The quantitative estimate of drug-likeness (QED) is 0.695. The molecule has 0 unspecified atom stereocenters. The summed E-state index contributed by atoms with van der Waals surface area (Å²) in [5, 5.41) is 6.71. The van der Waals surface area contributed by atoms with Crippen molar-refractivity contribution < 1.29 is 4.79 Å². The van der Waals surface area contributed by atoms with Crippen molar-refractivity contribution >= 4 is 5.91 Å². The van der Waals surface area contributed by atoms with E-state index in [1.807, 2.05) is 6.92 Å². The zero-order valence-electron chi connectivity index (χ0n) is 7.66. The number of rotatable bonds is 4. The molecule has 4 heteroatoms. The molecule has 0 fully saturated rings. The van der Waals surface area contributed by atoms with Crippen LogP contribution in [-0.4, -0.2) is 22.2 Å². The number of hydrogen-bond donors (Lipinski definition) is 1. The van der Waals surface area contributed by atoms with Gasteiger partial charge in [0.15, 0.2) is 0 Å². The number of carbonyl (C=O) groups is 1. The lowest BCUT2D eigenvalue weighted by Crippen LogP contribution is -2.23. The zero-order chi connectivity index (χ0) is 9.68. The van der Waals surface area contributed by atoms with Gasteiger partial charge in [0.1, 0.15) is 5.69 Å². The number of nitrogens with one attached hydrogen (secondary N) is 1. The van der Waals surface area contributed by atoms with Crippen LogP contribution >= 0.6 is 0 Å². The average molecular weight is 179 g/mol. The Labute approximate surface area is 77.3 Å². The molecular formula is C9H13N3O. The van der Waals surface area contributed by atoms with Gasteiger partial charge in [-0.3, -0.25) is 9.48 Å². The van der Waals surface area contributed by atoms with Crippen molar-refractivity contribution in [2.45, 2.75) is 13.5 Å². The van der Waals surface area contributed by atoms with Crippen molar-refractivity contribution in [1.29, 1.82) is 0 Å². The topological polar surface area (TPSA) is 46.9 Å². The van der Waals surface area contributed by atoms with Gasteiger partial charge in [0.2, 0.25) is 0 Å². The van der Waals surface area contributed by atoms with Crippen molar-refractivity contribution in [3.63, 3.8) is 0 Å². The lowest BCUT2D eigenvalue weighted by atomic mass is 10.4. The molecule has 1 rings (SSSR count). The largest absolute Gasteiger partial charge is 0.347 e. The predicted octanol–water partition coefficient (Wildman–Crippen LogP) is 0.819. The Hall–Kier alpha value is -1.58. The number of nitrogens with zero attached hydrogens (tertiary/aromatic N) is 2. The summed E-state index contributed by atoms with van der Waals surface area (Å²) in [6, 6.07) is 1.70. The van der Waals surface area contributed by atoms with Crippen LogP contribution in [0.5, 0.6) is 0 Å². The van der Waals surface area contributed by atoms with Crippen LogP contribution in [-0.2, 0) is 6.54 Å². The Morgan fingerprint density at radius 2 is 2.62 bits per heavy atom. The van der Waals surface area contributed by atoms with Crippen LogP contribution in [0.3, 0.4) is 0 Å². The maximum Gasteiger partial charge on any atom is 0.272 e. The monoisotopic (exact) mass is 179 g/mol. The highest BCUT2D eigenvalue weighted by molar-refractivity contribution is 5.92. The molecule has 1 heterocycles. The summed E-state index contributed by atoms with van der Waals surface area (Å²) in [5.74, 6) is -0.160. The number of aromatic nitrogens is 2. The van der Waals surface area contributed by atoms with Crippen LogP contribution in [0.4, 0.5) is 0 Å². The van der Waals surface area contributed by atoms with E-state index in [0.29, 0.717) is 12.2 Å². The first kappa shape index (κ1) is 9.51. The van der Waals surface area contributed by atoms with E-state index in [2.05, 4.69) is 17.0 Å². The van der Waals surface area contributed by atoms with E-state index in [-0.39, 0.29) is 5.91 Å². The second-order valence-corrected chi connectivity index (χ2v) is 2.56. The molecule has 0 aliphatic heterocycles. The van der Waals surface area contributed by atoms with Gasteiger partial charge in [-0.05, 0) is 13.0 Å². The molecule has 1 amide bonds. The van der Waals surface area contributed by atoms with E-state index in [1.165, 1.54) is 0 Å². The fraction of sp³-hybridized carbons (Fsp3) is 0.333. The molecule has 0 atom stereocenters. The summed E-state index contributed by atoms with van der Waals surface area (Å²) in [4.78, 5) is 11.3. The van der Waals surface area contributed by atoms with Crippen LogP contribution in [0.25, 0.3) is 0 Å². The highest BCUT2D eigenvalue weighted by atomic mass is 16.1. The van der Waals surface area contributed by atoms with Crippen molar-refractivity contribution in [2.24, 2.45) is 0 Å². The summed E-state index contributed by atoms with van der Waals surface area (Å²) in [7, 11) is 0. The highest BCUT2D eigenvalue weighted by Crippen LogP contribution is 1.94. The summed E-state index contributed by atoms with van der Waals surface area (Å²) in [6.45, 7) is 6.72. The Morgan fingerprint density at radius 3 is 3.15 bits per heavy atom. The number of aryl methyl sites for hydroxylation is 1. The number of carbonyl (C=O) groups excluding carboxylic acids is 1. The summed E-state index contributed by atoms with van der Waals surface area (Å²) in [5.41, 5.74) is 0.448. The lowest BCUT2D eigenvalue weighted by Gasteiger charge is -1.97. The van der Waals surface area contributed by atoms with Gasteiger partial charge in [-0.15, -0.1) is 6.58 Å². The summed E-state index contributed by atoms with van der Waals surface area (Å²) >= 11 is 0. The van der Waals surface area contributed by atoms with Gasteiger partial charge in [-0.1, -0.05) is 6.08 Å². The van der Waals surface area contributed by atoms with Crippen LogP contribution < -0.4 is 5.32 Å². The van der Waals surface area contributed by atoms with E-state index < -0.39 is 0 Å². The van der Waals surface area contributed by atoms with Gasteiger partial charge in [0.25, 0.3) is 5.91 Å².